The van der Waals surface area contributed by atoms with Gasteiger partial charge in [0.15, 0.2) is 5.13 Å². The Morgan fingerprint density at radius 3 is 2.26 bits per heavy atom. The van der Waals surface area contributed by atoms with E-state index in [-0.39, 0.29) is 0 Å². The molecule has 5 rings (SSSR count). The molecule has 0 saturated carbocycles. The van der Waals surface area contributed by atoms with Crippen molar-refractivity contribution in [2.75, 3.05) is 18.5 Å². The Kier molecular flexibility index (Phi) is 7.59. The van der Waals surface area contributed by atoms with Gasteiger partial charge >= 0.3 is 11.9 Å². The summed E-state index contributed by atoms with van der Waals surface area (Å²) in [5.74, 6) is -3.65. The van der Waals surface area contributed by atoms with E-state index in [0.717, 1.165) is 12.1 Å². The van der Waals surface area contributed by atoms with Gasteiger partial charge in [-0.05, 0) is 43.4 Å². The lowest BCUT2D eigenvalue weighted by molar-refractivity contribution is -0.159. The number of fused-ring (bicyclic) bond motifs is 3. The van der Waals surface area contributed by atoms with Gasteiger partial charge in [-0.25, -0.2) is 14.6 Å². The second-order valence-corrected chi connectivity index (χ2v) is 9.71. The minimum Gasteiger partial charge on any atom is -0.473 e. The molecule has 8 heteroatoms. The first-order chi connectivity index (χ1) is 16.4. The molecule has 2 fully saturated rings. The quantitative estimate of drug-likeness (QED) is 0.517. The third-order valence-electron chi connectivity index (χ3n) is 6.60. The van der Waals surface area contributed by atoms with Gasteiger partial charge in [0.2, 0.25) is 0 Å². The summed E-state index contributed by atoms with van der Waals surface area (Å²) in [6.07, 6.45) is 9.79. The van der Waals surface area contributed by atoms with Crippen molar-refractivity contribution < 1.29 is 19.8 Å². The number of anilines is 1. The molecule has 2 aromatic carbocycles. The van der Waals surface area contributed by atoms with Crippen molar-refractivity contribution in [3.05, 3.63) is 66.2 Å². The van der Waals surface area contributed by atoms with Crippen LogP contribution in [0, 0.1) is 0 Å². The van der Waals surface area contributed by atoms with Gasteiger partial charge in [-0.2, -0.15) is 0 Å². The number of benzene rings is 2. The summed E-state index contributed by atoms with van der Waals surface area (Å²) in [4.78, 5) is 28.3. The molecule has 2 atom stereocenters. The van der Waals surface area contributed by atoms with Crippen LogP contribution in [0.25, 0.3) is 16.3 Å². The lowest BCUT2D eigenvalue weighted by Crippen LogP contribution is -2.49. The smallest absolute Gasteiger partial charge is 0.414 e. The largest absolute Gasteiger partial charge is 0.473 e. The van der Waals surface area contributed by atoms with Gasteiger partial charge in [-0.15, -0.1) is 0 Å². The second-order valence-electron chi connectivity index (χ2n) is 8.71. The number of aliphatic carboxylic acids is 2. The van der Waals surface area contributed by atoms with Gasteiger partial charge in [-0.1, -0.05) is 66.0 Å². The van der Waals surface area contributed by atoms with E-state index in [0.29, 0.717) is 18.1 Å². The third kappa shape index (κ3) is 5.63. The van der Waals surface area contributed by atoms with Crippen LogP contribution < -0.4 is 4.90 Å². The molecule has 3 heterocycles. The maximum Gasteiger partial charge on any atom is 0.414 e. The maximum absolute atomic E-state index is 9.10. The van der Waals surface area contributed by atoms with E-state index in [1.807, 2.05) is 11.3 Å². The van der Waals surface area contributed by atoms with Crippen molar-refractivity contribution in [2.45, 2.75) is 43.8 Å². The van der Waals surface area contributed by atoms with Gasteiger partial charge in [-0.3, -0.25) is 4.90 Å². The molecule has 1 aromatic heterocycles. The van der Waals surface area contributed by atoms with Crippen LogP contribution in [-0.2, 0) is 9.59 Å². The highest BCUT2D eigenvalue weighted by molar-refractivity contribution is 7.22. The number of aromatic nitrogens is 1. The van der Waals surface area contributed by atoms with Crippen LogP contribution in [0.15, 0.2) is 60.7 Å². The molecule has 0 amide bonds. The number of para-hydroxylation sites is 1. The van der Waals surface area contributed by atoms with Crippen LogP contribution in [0.3, 0.4) is 0 Å². The third-order valence-corrected chi connectivity index (χ3v) is 7.73. The molecule has 2 aliphatic heterocycles. The molecule has 34 heavy (non-hydrogen) atoms. The molecule has 0 spiro atoms. The van der Waals surface area contributed by atoms with E-state index in [2.05, 4.69) is 83.6 Å². The summed E-state index contributed by atoms with van der Waals surface area (Å²) >= 11 is 1.82. The second kappa shape index (κ2) is 10.8. The highest BCUT2D eigenvalue weighted by atomic mass is 32.1. The predicted octanol–water partition coefficient (Wildman–Crippen LogP) is 4.60. The number of hydrogen-bond donors (Lipinski definition) is 2. The van der Waals surface area contributed by atoms with Gasteiger partial charge in [0.1, 0.15) is 0 Å². The van der Waals surface area contributed by atoms with Crippen molar-refractivity contribution >= 4 is 44.7 Å². The van der Waals surface area contributed by atoms with E-state index in [1.54, 1.807) is 0 Å². The lowest BCUT2D eigenvalue weighted by Gasteiger charge is -2.41. The van der Waals surface area contributed by atoms with Crippen LogP contribution in [0.4, 0.5) is 5.13 Å². The van der Waals surface area contributed by atoms with E-state index in [4.69, 9.17) is 24.8 Å². The van der Waals surface area contributed by atoms with Crippen LogP contribution in [-0.4, -0.2) is 63.8 Å². The first kappa shape index (κ1) is 23.9. The minimum atomic E-state index is -1.82. The molecule has 3 aromatic rings. The zero-order valence-electron chi connectivity index (χ0n) is 19.1. The SMILES string of the molecule is CN(c1nc2ccccc2s1)C1CC2CCC(C1)N2C/C=C/c1ccccc1.O=C(O)C(=O)O. The van der Waals surface area contributed by atoms with Gasteiger partial charge < -0.3 is 15.1 Å². The average Bonchev–Trinajstić information content (AvgIpc) is 3.37. The normalized spacial score (nSPS) is 21.9. The number of hydrogen-bond acceptors (Lipinski definition) is 6. The van der Waals surface area contributed by atoms with Crippen molar-refractivity contribution in [1.82, 2.24) is 9.88 Å². The molecule has 2 aliphatic rings. The Morgan fingerprint density at radius 2 is 1.65 bits per heavy atom. The monoisotopic (exact) mass is 479 g/mol. The summed E-state index contributed by atoms with van der Waals surface area (Å²) in [6.45, 7) is 1.07. The Hall–Kier alpha value is -3.23. The van der Waals surface area contributed by atoms with Crippen molar-refractivity contribution in [3.8, 4) is 0 Å². The Labute approximate surface area is 203 Å². The zero-order valence-corrected chi connectivity index (χ0v) is 19.9. The van der Waals surface area contributed by atoms with E-state index in [9.17, 15) is 0 Å². The topological polar surface area (TPSA) is 94.0 Å². The number of piperidine rings is 1. The van der Waals surface area contributed by atoms with Gasteiger partial charge in [0.05, 0.1) is 10.2 Å². The summed E-state index contributed by atoms with van der Waals surface area (Å²) in [6, 6.07) is 21.1. The molecule has 178 valence electrons. The summed E-state index contributed by atoms with van der Waals surface area (Å²) < 4.78 is 1.29. The summed E-state index contributed by atoms with van der Waals surface area (Å²) in [5.41, 5.74) is 2.42. The molecule has 0 aliphatic carbocycles. The van der Waals surface area contributed by atoms with Crippen molar-refractivity contribution in [3.63, 3.8) is 0 Å². The Bertz CT molecular complexity index is 1100. The minimum absolute atomic E-state index is 0.604. The Balaban J connectivity index is 0.000000408. The van der Waals surface area contributed by atoms with Crippen molar-refractivity contribution in [1.29, 1.82) is 0 Å². The highest BCUT2D eigenvalue weighted by Crippen LogP contribution is 2.39. The van der Waals surface area contributed by atoms with Crippen molar-refractivity contribution in [2.24, 2.45) is 0 Å². The number of thiazole rings is 1. The number of carbonyl (C=O) groups is 2. The molecule has 2 bridgehead atoms. The lowest BCUT2D eigenvalue weighted by atomic mass is 9.96. The van der Waals surface area contributed by atoms with E-state index >= 15 is 0 Å². The number of rotatable bonds is 5. The predicted molar refractivity (Wildman–Crippen MR) is 135 cm³/mol. The van der Waals surface area contributed by atoms with E-state index in [1.165, 1.54) is 41.1 Å². The number of nitrogens with zero attached hydrogens (tertiary/aromatic N) is 3. The molecule has 2 saturated heterocycles. The molecule has 7 nitrogen and oxygen atoms in total. The van der Waals surface area contributed by atoms with Gasteiger partial charge in [0.25, 0.3) is 0 Å². The molecule has 0 radical (unpaired) electrons. The zero-order chi connectivity index (χ0) is 24.1. The first-order valence-corrected chi connectivity index (χ1v) is 12.3. The van der Waals surface area contributed by atoms with Crippen LogP contribution in [0.2, 0.25) is 0 Å². The fourth-order valence-corrected chi connectivity index (χ4v) is 5.90. The molecule has 2 unspecified atom stereocenters. The fourth-order valence-electron chi connectivity index (χ4n) is 4.90. The van der Waals surface area contributed by atoms with Crippen LogP contribution in [0.1, 0.15) is 31.2 Å². The fraction of sp³-hybridized carbons (Fsp3) is 0.346. The van der Waals surface area contributed by atoms with Gasteiger partial charge in [0, 0.05) is 31.7 Å². The molecule has 2 N–H and O–H groups in total. The summed E-state index contributed by atoms with van der Waals surface area (Å²) in [7, 11) is 2.24. The summed E-state index contributed by atoms with van der Waals surface area (Å²) in [5, 5.41) is 16.0. The van der Waals surface area contributed by atoms with Crippen LogP contribution >= 0.6 is 11.3 Å². The molecular weight excluding hydrogens is 450 g/mol. The average molecular weight is 480 g/mol. The number of carboxylic acid groups (broad SMARTS) is 2. The standard InChI is InChI=1S/C24H27N3S.C2H2O4/c1-26(24-25-22-11-5-6-12-23(22)28-24)21-16-19-13-14-20(17-21)27(19)15-7-10-18-8-3-2-4-9-18;3-1(4)2(5)6/h2-12,19-21H,13-17H2,1H3;(H,3,4)(H,5,6)/b10-7+;. The van der Waals surface area contributed by atoms with E-state index < -0.39 is 11.9 Å². The molecular formula is C26H29N3O4S. The maximum atomic E-state index is 9.10. The first-order valence-electron chi connectivity index (χ1n) is 11.4. The highest BCUT2D eigenvalue weighted by Gasteiger charge is 2.41. The number of carboxylic acids is 2. The Morgan fingerprint density at radius 1 is 1.03 bits per heavy atom. The van der Waals surface area contributed by atoms with Crippen LogP contribution in [0.5, 0.6) is 0 Å².